The SMILES string of the molecule is N#Cc1ccc(N=NC2=C([O-])c3ccccc3C(=O)C2=O)cc1.N#Cc1ccc(N=NC2=C([O-])c3ccccc3C(=O)C2=O)cc1.[Cu+2]. The van der Waals surface area contributed by atoms with E-state index in [2.05, 4.69) is 20.5 Å². The molecule has 0 fully saturated rings. The van der Waals surface area contributed by atoms with Crippen LogP contribution in [0.25, 0.3) is 11.5 Å². The molecule has 0 aromatic heterocycles. The zero-order valence-electron chi connectivity index (χ0n) is 23.7. The van der Waals surface area contributed by atoms with Crippen molar-refractivity contribution in [1.29, 1.82) is 10.5 Å². The summed E-state index contributed by atoms with van der Waals surface area (Å²) in [7, 11) is 0. The maximum Gasteiger partial charge on any atom is 2.00 e. The molecule has 0 saturated carbocycles. The van der Waals surface area contributed by atoms with E-state index in [4.69, 9.17) is 10.5 Å². The van der Waals surface area contributed by atoms with E-state index in [-0.39, 0.29) is 39.3 Å². The molecular formula is C34H16CuN6O6. The largest absolute Gasteiger partial charge is 2.00 e. The minimum absolute atomic E-state index is 0. The molecule has 2 aliphatic rings. The van der Waals surface area contributed by atoms with Crippen molar-refractivity contribution in [3.63, 3.8) is 0 Å². The van der Waals surface area contributed by atoms with Crippen molar-refractivity contribution in [2.75, 3.05) is 0 Å². The first-order chi connectivity index (χ1) is 22.2. The van der Waals surface area contributed by atoms with Gasteiger partial charge in [-0.3, -0.25) is 19.2 Å². The zero-order chi connectivity index (χ0) is 32.8. The average molecular weight is 668 g/mol. The van der Waals surface area contributed by atoms with Gasteiger partial charge in [-0.15, -0.1) is 10.2 Å². The topological polar surface area (TPSA) is 211 Å². The van der Waals surface area contributed by atoms with Crippen LogP contribution in [0.3, 0.4) is 0 Å². The molecule has 6 rings (SSSR count). The molecule has 1 radical (unpaired) electrons. The first kappa shape index (κ1) is 33.2. The summed E-state index contributed by atoms with van der Waals surface area (Å²) in [5.41, 5.74) is 1.08. The van der Waals surface area contributed by atoms with Crippen molar-refractivity contribution in [2.45, 2.75) is 0 Å². The second-order valence-corrected chi connectivity index (χ2v) is 9.48. The molecule has 0 amide bonds. The minimum Gasteiger partial charge on any atom is -0.870 e. The van der Waals surface area contributed by atoms with E-state index in [9.17, 15) is 29.4 Å². The summed E-state index contributed by atoms with van der Waals surface area (Å²) in [6, 6.07) is 28.3. The predicted octanol–water partition coefficient (Wildman–Crippen LogP) is 4.27. The van der Waals surface area contributed by atoms with Crippen molar-refractivity contribution in [1.82, 2.24) is 0 Å². The van der Waals surface area contributed by atoms with Crippen LogP contribution < -0.4 is 10.2 Å². The van der Waals surface area contributed by atoms with Gasteiger partial charge in [-0.25, -0.2) is 0 Å². The molecule has 0 unspecified atom stereocenters. The van der Waals surface area contributed by atoms with Crippen molar-refractivity contribution in [3.05, 3.63) is 142 Å². The summed E-state index contributed by atoms with van der Waals surface area (Å²) in [5, 5.41) is 56.9. The molecule has 0 atom stereocenters. The van der Waals surface area contributed by atoms with Crippen LogP contribution in [0.1, 0.15) is 43.0 Å². The predicted molar refractivity (Wildman–Crippen MR) is 157 cm³/mol. The normalized spacial score (nSPS) is 13.7. The Kier molecular flexibility index (Phi) is 10.2. The third-order valence-electron chi connectivity index (χ3n) is 6.63. The first-order valence-electron chi connectivity index (χ1n) is 13.3. The fourth-order valence-corrected chi connectivity index (χ4v) is 4.28. The Labute approximate surface area is 276 Å². The summed E-state index contributed by atoms with van der Waals surface area (Å²) in [6.45, 7) is 0. The van der Waals surface area contributed by atoms with Gasteiger partial charge in [0.25, 0.3) is 11.6 Å². The average Bonchev–Trinajstić information content (AvgIpc) is 3.10. The van der Waals surface area contributed by atoms with Gasteiger partial charge in [0.1, 0.15) is 11.4 Å². The quantitative estimate of drug-likeness (QED) is 0.174. The molecule has 0 bridgehead atoms. The minimum atomic E-state index is -0.967. The van der Waals surface area contributed by atoms with Crippen LogP contribution in [-0.2, 0) is 26.7 Å². The number of benzene rings is 4. The number of hydrogen-bond acceptors (Lipinski definition) is 12. The molecule has 4 aromatic carbocycles. The number of Topliss-reactive ketones (excluding diaryl/α,β-unsaturated/α-hetero) is 4. The molecule has 0 aliphatic heterocycles. The number of carbonyl (C=O) groups excluding carboxylic acids is 4. The molecule has 0 heterocycles. The van der Waals surface area contributed by atoms with Gasteiger partial charge in [-0.05, 0) is 59.7 Å². The molecule has 4 aromatic rings. The maximum absolute atomic E-state index is 12.3. The summed E-state index contributed by atoms with van der Waals surface area (Å²) >= 11 is 0. The molecule has 2 aliphatic carbocycles. The van der Waals surface area contributed by atoms with Gasteiger partial charge in [0, 0.05) is 11.1 Å². The van der Waals surface area contributed by atoms with Crippen molar-refractivity contribution >= 4 is 46.0 Å². The Morgan fingerprint density at radius 3 is 1.09 bits per heavy atom. The number of hydrogen-bond donors (Lipinski definition) is 0. The van der Waals surface area contributed by atoms with Gasteiger partial charge in [0.15, 0.2) is 0 Å². The van der Waals surface area contributed by atoms with Gasteiger partial charge < -0.3 is 10.2 Å². The molecule has 229 valence electrons. The maximum atomic E-state index is 12.3. The molecule has 0 N–H and O–H groups in total. The summed E-state index contributed by atoms with van der Waals surface area (Å²) in [5.74, 6) is -4.72. The van der Waals surface area contributed by atoms with Crippen LogP contribution in [0, 0.1) is 22.7 Å². The van der Waals surface area contributed by atoms with Crippen LogP contribution in [0.4, 0.5) is 11.4 Å². The van der Waals surface area contributed by atoms with Gasteiger partial charge in [-0.2, -0.15) is 20.8 Å². The van der Waals surface area contributed by atoms with Crippen LogP contribution in [-0.4, -0.2) is 23.1 Å². The molecule has 0 saturated heterocycles. The summed E-state index contributed by atoms with van der Waals surface area (Å²) < 4.78 is 0. The van der Waals surface area contributed by atoms with Crippen molar-refractivity contribution < 1.29 is 46.5 Å². The van der Waals surface area contributed by atoms with Crippen molar-refractivity contribution in [2.24, 2.45) is 20.5 Å². The van der Waals surface area contributed by atoms with E-state index in [0.29, 0.717) is 22.5 Å². The van der Waals surface area contributed by atoms with Crippen LogP contribution in [0.2, 0.25) is 0 Å². The Morgan fingerprint density at radius 2 is 0.766 bits per heavy atom. The number of fused-ring (bicyclic) bond motifs is 2. The number of carbonyl (C=O) groups is 4. The summed E-state index contributed by atoms with van der Waals surface area (Å²) in [4.78, 5) is 48.0. The fraction of sp³-hybridized carbons (Fsp3) is 0. The number of nitriles is 2. The fourth-order valence-electron chi connectivity index (χ4n) is 4.28. The van der Waals surface area contributed by atoms with E-state index in [1.807, 2.05) is 12.1 Å². The van der Waals surface area contributed by atoms with Crippen LogP contribution in [0.5, 0.6) is 0 Å². The number of ketones is 4. The van der Waals surface area contributed by atoms with Gasteiger partial charge in [0.05, 0.1) is 34.6 Å². The zero-order valence-corrected chi connectivity index (χ0v) is 24.6. The van der Waals surface area contributed by atoms with E-state index in [1.54, 1.807) is 24.3 Å². The van der Waals surface area contributed by atoms with Gasteiger partial charge in [0.2, 0.25) is 11.6 Å². The molecular weight excluding hydrogens is 652 g/mol. The Hall–Kier alpha value is -6.66. The van der Waals surface area contributed by atoms with E-state index in [0.717, 1.165) is 0 Å². The number of azo groups is 2. The third kappa shape index (κ3) is 6.87. The molecule has 47 heavy (non-hydrogen) atoms. The van der Waals surface area contributed by atoms with Gasteiger partial charge in [-0.1, -0.05) is 60.0 Å². The standard InChI is InChI=1S/2C17H9N3O3.Cu/c2*18-9-10-5-7-11(8-6-10)19-20-14-15(21)12-3-1-2-4-13(12)16(22)17(14)23;/h2*1-8,21H;/q;;+2/p-2. The van der Waals surface area contributed by atoms with Crippen LogP contribution >= 0.6 is 0 Å². The Bertz CT molecular complexity index is 2000. The second kappa shape index (κ2) is 14.4. The number of allylic oxidation sites excluding steroid dienone is 2. The van der Waals surface area contributed by atoms with Gasteiger partial charge >= 0.3 is 17.1 Å². The van der Waals surface area contributed by atoms with E-state index < -0.39 is 46.0 Å². The molecule has 0 spiro atoms. The van der Waals surface area contributed by atoms with E-state index >= 15 is 0 Å². The number of nitrogens with zero attached hydrogens (tertiary/aromatic N) is 6. The smallest absolute Gasteiger partial charge is 0.870 e. The Morgan fingerprint density at radius 1 is 0.447 bits per heavy atom. The second-order valence-electron chi connectivity index (χ2n) is 9.48. The monoisotopic (exact) mass is 667 g/mol. The number of rotatable bonds is 4. The summed E-state index contributed by atoms with van der Waals surface area (Å²) in [6.07, 6.45) is 0. The van der Waals surface area contributed by atoms with E-state index in [1.165, 1.54) is 72.8 Å². The third-order valence-corrected chi connectivity index (χ3v) is 6.63. The molecule has 13 heteroatoms. The van der Waals surface area contributed by atoms with Crippen molar-refractivity contribution in [3.8, 4) is 12.1 Å². The first-order valence-corrected chi connectivity index (χ1v) is 13.3. The Balaban J connectivity index is 0.000000208. The van der Waals surface area contributed by atoms with Crippen LogP contribution in [0.15, 0.2) is 129 Å². The molecule has 12 nitrogen and oxygen atoms in total.